The van der Waals surface area contributed by atoms with Crippen molar-refractivity contribution in [2.75, 3.05) is 44.6 Å². The van der Waals surface area contributed by atoms with Gasteiger partial charge in [0.1, 0.15) is 5.82 Å². The number of aryl methyl sites for hydroxylation is 1. The van der Waals surface area contributed by atoms with Crippen LogP contribution in [0.15, 0.2) is 16.7 Å². The lowest BCUT2D eigenvalue weighted by Gasteiger charge is -2.27. The highest BCUT2D eigenvalue weighted by atomic mass is 79.9. The van der Waals surface area contributed by atoms with Gasteiger partial charge in [0.2, 0.25) is 0 Å². The zero-order valence-corrected chi connectivity index (χ0v) is 12.5. The summed E-state index contributed by atoms with van der Waals surface area (Å²) < 4.78 is 1.06. The van der Waals surface area contributed by atoms with E-state index in [2.05, 4.69) is 49.4 Å². The van der Waals surface area contributed by atoms with Crippen molar-refractivity contribution < 1.29 is 0 Å². The number of nitrogens with one attached hydrogen (secondary N) is 2. The summed E-state index contributed by atoms with van der Waals surface area (Å²) >= 11 is 3.46. The summed E-state index contributed by atoms with van der Waals surface area (Å²) in [6, 6.07) is 2.08. The fourth-order valence-electron chi connectivity index (χ4n) is 2.09. The Morgan fingerprint density at radius 1 is 1.44 bits per heavy atom. The fourth-order valence-corrected chi connectivity index (χ4v) is 2.31. The summed E-state index contributed by atoms with van der Waals surface area (Å²) in [6.07, 6.45) is 3.02. The van der Waals surface area contributed by atoms with Crippen molar-refractivity contribution in [3.63, 3.8) is 0 Å². The Balaban J connectivity index is 1.66. The van der Waals surface area contributed by atoms with E-state index in [9.17, 15) is 0 Å². The van der Waals surface area contributed by atoms with Gasteiger partial charge < -0.3 is 15.5 Å². The third-order valence-electron chi connectivity index (χ3n) is 3.21. The Hall–Kier alpha value is -0.650. The zero-order valence-electron chi connectivity index (χ0n) is 10.9. The molecule has 1 saturated heterocycles. The number of aromatic nitrogens is 1. The van der Waals surface area contributed by atoms with Crippen LogP contribution in [0.3, 0.4) is 0 Å². The van der Waals surface area contributed by atoms with E-state index >= 15 is 0 Å². The first kappa shape index (κ1) is 13.8. The molecule has 0 unspecified atom stereocenters. The number of nitrogens with zero attached hydrogens (tertiary/aromatic N) is 2. The van der Waals surface area contributed by atoms with Gasteiger partial charge in [-0.25, -0.2) is 4.98 Å². The molecule has 2 rings (SSSR count). The molecule has 100 valence electrons. The standard InChI is InChI=1S/C13H21BrN4/c1-11-9-13(17-10-12(11)14)16-3-2-6-18-7-4-15-5-8-18/h9-10,15H,2-8H2,1H3,(H,16,17). The van der Waals surface area contributed by atoms with Crippen molar-refractivity contribution in [3.8, 4) is 0 Å². The lowest BCUT2D eigenvalue weighted by molar-refractivity contribution is 0.240. The maximum absolute atomic E-state index is 4.34. The first-order chi connectivity index (χ1) is 8.75. The third-order valence-corrected chi connectivity index (χ3v) is 4.04. The maximum Gasteiger partial charge on any atom is 0.126 e. The van der Waals surface area contributed by atoms with Crippen LogP contribution in [-0.2, 0) is 0 Å². The fraction of sp³-hybridized carbons (Fsp3) is 0.615. The summed E-state index contributed by atoms with van der Waals surface area (Å²) in [5.74, 6) is 0.969. The predicted molar refractivity (Wildman–Crippen MR) is 79.1 cm³/mol. The average molecular weight is 313 g/mol. The largest absolute Gasteiger partial charge is 0.370 e. The molecule has 0 radical (unpaired) electrons. The maximum atomic E-state index is 4.34. The molecule has 0 aliphatic carbocycles. The molecule has 18 heavy (non-hydrogen) atoms. The number of hydrogen-bond acceptors (Lipinski definition) is 4. The Morgan fingerprint density at radius 3 is 2.94 bits per heavy atom. The highest BCUT2D eigenvalue weighted by Gasteiger charge is 2.08. The molecule has 0 atom stereocenters. The normalized spacial score (nSPS) is 16.8. The lowest BCUT2D eigenvalue weighted by atomic mass is 10.3. The Labute approximate surface area is 117 Å². The van der Waals surface area contributed by atoms with E-state index < -0.39 is 0 Å². The molecular weight excluding hydrogens is 292 g/mol. The van der Waals surface area contributed by atoms with E-state index in [0.29, 0.717) is 0 Å². The van der Waals surface area contributed by atoms with Crippen molar-refractivity contribution in [3.05, 3.63) is 22.3 Å². The van der Waals surface area contributed by atoms with Crippen molar-refractivity contribution in [2.45, 2.75) is 13.3 Å². The van der Waals surface area contributed by atoms with Gasteiger partial charge in [-0.15, -0.1) is 0 Å². The molecule has 1 aromatic heterocycles. The molecule has 0 aromatic carbocycles. The molecule has 0 spiro atoms. The zero-order chi connectivity index (χ0) is 12.8. The van der Waals surface area contributed by atoms with Gasteiger partial charge in [0.05, 0.1) is 0 Å². The van der Waals surface area contributed by atoms with Crippen LogP contribution in [0.2, 0.25) is 0 Å². The van der Waals surface area contributed by atoms with Crippen molar-refractivity contribution in [2.24, 2.45) is 0 Å². The van der Waals surface area contributed by atoms with Crippen molar-refractivity contribution in [1.29, 1.82) is 0 Å². The number of anilines is 1. The van der Waals surface area contributed by atoms with Gasteiger partial charge in [-0.1, -0.05) is 0 Å². The lowest BCUT2D eigenvalue weighted by Crippen LogP contribution is -2.44. The molecule has 2 N–H and O–H groups in total. The second-order valence-electron chi connectivity index (χ2n) is 4.69. The van der Waals surface area contributed by atoms with E-state index in [1.54, 1.807) is 0 Å². The molecule has 0 bridgehead atoms. The van der Waals surface area contributed by atoms with Crippen LogP contribution in [0.1, 0.15) is 12.0 Å². The monoisotopic (exact) mass is 312 g/mol. The van der Waals surface area contributed by atoms with Gasteiger partial charge in [0, 0.05) is 43.4 Å². The molecule has 1 aromatic rings. The minimum Gasteiger partial charge on any atom is -0.370 e. The quantitative estimate of drug-likeness (QED) is 0.814. The summed E-state index contributed by atoms with van der Waals surface area (Å²) in [6.45, 7) is 8.84. The molecule has 1 fully saturated rings. The van der Waals surface area contributed by atoms with Crippen LogP contribution in [0.5, 0.6) is 0 Å². The number of piperazine rings is 1. The second kappa shape index (κ2) is 7.07. The van der Waals surface area contributed by atoms with Crippen molar-refractivity contribution >= 4 is 21.7 Å². The first-order valence-electron chi connectivity index (χ1n) is 6.55. The SMILES string of the molecule is Cc1cc(NCCCN2CCNCC2)ncc1Br. The molecule has 1 aliphatic heterocycles. The van der Waals surface area contributed by atoms with Crippen LogP contribution >= 0.6 is 15.9 Å². The van der Waals surface area contributed by atoms with Crippen molar-refractivity contribution in [1.82, 2.24) is 15.2 Å². The Morgan fingerprint density at radius 2 is 2.22 bits per heavy atom. The van der Waals surface area contributed by atoms with Gasteiger partial charge in [-0.2, -0.15) is 0 Å². The number of hydrogen-bond donors (Lipinski definition) is 2. The topological polar surface area (TPSA) is 40.2 Å². The Kier molecular flexibility index (Phi) is 5.41. The van der Waals surface area contributed by atoms with Gasteiger partial charge in [0.15, 0.2) is 0 Å². The average Bonchev–Trinajstić information content (AvgIpc) is 2.40. The second-order valence-corrected chi connectivity index (χ2v) is 5.55. The first-order valence-corrected chi connectivity index (χ1v) is 7.34. The van der Waals surface area contributed by atoms with E-state index in [-0.39, 0.29) is 0 Å². The van der Waals surface area contributed by atoms with Crippen LogP contribution in [-0.4, -0.2) is 49.2 Å². The number of halogens is 1. The minimum atomic E-state index is 0.969. The summed E-state index contributed by atoms with van der Waals surface area (Å²) in [7, 11) is 0. The third kappa shape index (κ3) is 4.23. The molecular formula is C13H21BrN4. The van der Waals surface area contributed by atoms with Gasteiger partial charge >= 0.3 is 0 Å². The summed E-state index contributed by atoms with van der Waals surface area (Å²) in [4.78, 5) is 6.85. The predicted octanol–water partition coefficient (Wildman–Crippen LogP) is 1.86. The summed E-state index contributed by atoms with van der Waals surface area (Å²) in [5.41, 5.74) is 1.22. The van der Waals surface area contributed by atoms with E-state index in [4.69, 9.17) is 0 Å². The summed E-state index contributed by atoms with van der Waals surface area (Å²) in [5, 5.41) is 6.75. The molecule has 5 heteroatoms. The van der Waals surface area contributed by atoms with E-state index in [1.807, 2.05) is 6.20 Å². The van der Waals surface area contributed by atoms with E-state index in [0.717, 1.165) is 36.3 Å². The number of rotatable bonds is 5. The van der Waals surface area contributed by atoms with Crippen LogP contribution < -0.4 is 10.6 Å². The molecule has 0 saturated carbocycles. The van der Waals surface area contributed by atoms with Gasteiger partial charge in [-0.05, 0) is 47.4 Å². The smallest absolute Gasteiger partial charge is 0.126 e. The van der Waals surface area contributed by atoms with E-state index in [1.165, 1.54) is 25.2 Å². The van der Waals surface area contributed by atoms with Gasteiger partial charge in [0.25, 0.3) is 0 Å². The van der Waals surface area contributed by atoms with Gasteiger partial charge in [-0.3, -0.25) is 0 Å². The van der Waals surface area contributed by atoms with Crippen LogP contribution in [0.25, 0.3) is 0 Å². The molecule has 1 aliphatic rings. The highest BCUT2D eigenvalue weighted by Crippen LogP contribution is 2.17. The molecule has 2 heterocycles. The van der Waals surface area contributed by atoms with Crippen LogP contribution in [0, 0.1) is 6.92 Å². The Bertz CT molecular complexity index is 377. The molecule has 4 nitrogen and oxygen atoms in total. The minimum absolute atomic E-state index is 0.969. The van der Waals surface area contributed by atoms with Crippen LogP contribution in [0.4, 0.5) is 5.82 Å². The number of pyridine rings is 1. The molecule has 0 amide bonds. The highest BCUT2D eigenvalue weighted by molar-refractivity contribution is 9.10.